The number of nitrogens with zero attached hydrogens (tertiary/aromatic N) is 2. The van der Waals surface area contributed by atoms with Gasteiger partial charge in [0.2, 0.25) is 0 Å². The quantitative estimate of drug-likeness (QED) is 0.574. The van der Waals surface area contributed by atoms with Crippen LogP contribution in [0, 0.1) is 0 Å². The number of hydrazone groups is 1. The number of pyridine rings is 1. The lowest BCUT2D eigenvalue weighted by molar-refractivity contribution is 0.0952. The number of phenolic OH excluding ortho intramolecular Hbond substituents is 1. The SMILES string of the molecule is O=C(N/N=C(\c1ccccc1)c1ccccn1)c1ccccc1O. The van der Waals surface area contributed by atoms with Crippen LogP contribution < -0.4 is 5.43 Å². The van der Waals surface area contributed by atoms with Crippen molar-refractivity contribution in [2.45, 2.75) is 0 Å². The Bertz CT molecular complexity index is 821. The van der Waals surface area contributed by atoms with Gasteiger partial charge in [-0.15, -0.1) is 0 Å². The zero-order valence-electron chi connectivity index (χ0n) is 12.8. The molecule has 1 heterocycles. The third-order valence-electron chi connectivity index (χ3n) is 3.37. The maximum atomic E-state index is 12.2. The molecule has 118 valence electrons. The third kappa shape index (κ3) is 3.47. The van der Waals surface area contributed by atoms with E-state index in [2.05, 4.69) is 15.5 Å². The minimum absolute atomic E-state index is 0.0932. The van der Waals surface area contributed by atoms with Crippen molar-refractivity contribution in [1.82, 2.24) is 10.4 Å². The number of para-hydroxylation sites is 1. The highest BCUT2D eigenvalue weighted by Crippen LogP contribution is 2.15. The van der Waals surface area contributed by atoms with Gasteiger partial charge in [0.1, 0.15) is 11.5 Å². The van der Waals surface area contributed by atoms with Crippen molar-refractivity contribution in [3.8, 4) is 5.75 Å². The van der Waals surface area contributed by atoms with Gasteiger partial charge in [0.05, 0.1) is 11.3 Å². The van der Waals surface area contributed by atoms with Crippen LogP contribution in [0.4, 0.5) is 0 Å². The van der Waals surface area contributed by atoms with Crippen LogP contribution in [0.25, 0.3) is 0 Å². The van der Waals surface area contributed by atoms with Crippen molar-refractivity contribution in [2.75, 3.05) is 0 Å². The van der Waals surface area contributed by atoms with E-state index in [0.29, 0.717) is 11.4 Å². The molecule has 0 aliphatic heterocycles. The van der Waals surface area contributed by atoms with Gasteiger partial charge in [0, 0.05) is 11.8 Å². The molecule has 3 aromatic rings. The zero-order chi connectivity index (χ0) is 16.8. The van der Waals surface area contributed by atoms with Crippen LogP contribution in [0.3, 0.4) is 0 Å². The minimum atomic E-state index is -0.488. The lowest BCUT2D eigenvalue weighted by Crippen LogP contribution is -2.21. The highest BCUT2D eigenvalue weighted by molar-refractivity contribution is 6.12. The summed E-state index contributed by atoms with van der Waals surface area (Å²) >= 11 is 0. The van der Waals surface area contributed by atoms with Gasteiger partial charge in [-0.2, -0.15) is 5.10 Å². The van der Waals surface area contributed by atoms with Crippen LogP contribution in [0.2, 0.25) is 0 Å². The summed E-state index contributed by atoms with van der Waals surface area (Å²) in [6.45, 7) is 0. The van der Waals surface area contributed by atoms with Crippen LogP contribution in [-0.4, -0.2) is 21.7 Å². The van der Waals surface area contributed by atoms with Crippen molar-refractivity contribution in [3.63, 3.8) is 0 Å². The summed E-state index contributed by atoms with van der Waals surface area (Å²) in [5, 5.41) is 14.0. The van der Waals surface area contributed by atoms with Gasteiger partial charge >= 0.3 is 0 Å². The van der Waals surface area contributed by atoms with E-state index in [1.807, 2.05) is 48.5 Å². The molecule has 24 heavy (non-hydrogen) atoms. The fourth-order valence-electron chi connectivity index (χ4n) is 2.20. The number of benzene rings is 2. The van der Waals surface area contributed by atoms with E-state index in [1.165, 1.54) is 12.1 Å². The maximum absolute atomic E-state index is 12.2. The highest BCUT2D eigenvalue weighted by Gasteiger charge is 2.12. The zero-order valence-corrected chi connectivity index (χ0v) is 12.8. The summed E-state index contributed by atoms with van der Waals surface area (Å²) < 4.78 is 0. The normalized spacial score (nSPS) is 11.1. The first kappa shape index (κ1) is 15.4. The molecule has 0 radical (unpaired) electrons. The molecule has 5 nitrogen and oxygen atoms in total. The van der Waals surface area contributed by atoms with E-state index >= 15 is 0 Å². The lowest BCUT2D eigenvalue weighted by Gasteiger charge is -2.07. The number of amides is 1. The second kappa shape index (κ2) is 7.19. The second-order valence-corrected chi connectivity index (χ2v) is 5.00. The Morgan fingerprint density at radius 1 is 0.917 bits per heavy atom. The average Bonchev–Trinajstić information content (AvgIpc) is 2.64. The van der Waals surface area contributed by atoms with E-state index in [-0.39, 0.29) is 11.3 Å². The molecule has 0 saturated heterocycles. The Labute approximate surface area is 139 Å². The van der Waals surface area contributed by atoms with Crippen molar-refractivity contribution in [1.29, 1.82) is 0 Å². The first-order valence-corrected chi connectivity index (χ1v) is 7.38. The van der Waals surface area contributed by atoms with Gasteiger partial charge in [-0.25, -0.2) is 5.43 Å². The first-order valence-electron chi connectivity index (χ1n) is 7.38. The summed E-state index contributed by atoms with van der Waals surface area (Å²) in [6, 6.07) is 21.2. The number of carbonyl (C=O) groups excluding carboxylic acids is 1. The van der Waals surface area contributed by atoms with E-state index in [9.17, 15) is 9.90 Å². The summed E-state index contributed by atoms with van der Waals surface area (Å²) in [7, 11) is 0. The monoisotopic (exact) mass is 317 g/mol. The first-order chi connectivity index (χ1) is 11.8. The van der Waals surface area contributed by atoms with Crippen LogP contribution in [-0.2, 0) is 0 Å². The Morgan fingerprint density at radius 2 is 1.62 bits per heavy atom. The van der Waals surface area contributed by atoms with E-state index in [0.717, 1.165) is 5.56 Å². The molecule has 0 unspecified atom stereocenters. The van der Waals surface area contributed by atoms with Gasteiger partial charge in [-0.05, 0) is 24.3 Å². The van der Waals surface area contributed by atoms with Gasteiger partial charge in [-0.3, -0.25) is 9.78 Å². The average molecular weight is 317 g/mol. The van der Waals surface area contributed by atoms with Crippen molar-refractivity contribution < 1.29 is 9.90 Å². The summed E-state index contributed by atoms with van der Waals surface area (Å²) in [5.74, 6) is -0.582. The van der Waals surface area contributed by atoms with Crippen molar-refractivity contribution in [2.24, 2.45) is 5.10 Å². The molecule has 0 atom stereocenters. The molecule has 0 saturated carbocycles. The highest BCUT2D eigenvalue weighted by atomic mass is 16.3. The second-order valence-electron chi connectivity index (χ2n) is 5.00. The van der Waals surface area contributed by atoms with E-state index in [1.54, 1.807) is 18.3 Å². The van der Waals surface area contributed by atoms with Crippen LogP contribution in [0.5, 0.6) is 5.75 Å². The van der Waals surface area contributed by atoms with Crippen LogP contribution in [0.15, 0.2) is 84.1 Å². The third-order valence-corrected chi connectivity index (χ3v) is 3.37. The Balaban J connectivity index is 1.93. The molecular formula is C19H15N3O2. The molecule has 0 spiro atoms. The lowest BCUT2D eigenvalue weighted by atomic mass is 10.1. The number of aromatic nitrogens is 1. The van der Waals surface area contributed by atoms with Crippen molar-refractivity contribution >= 4 is 11.6 Å². The number of hydrogen-bond donors (Lipinski definition) is 2. The van der Waals surface area contributed by atoms with Gasteiger partial charge in [-0.1, -0.05) is 48.5 Å². The van der Waals surface area contributed by atoms with Gasteiger partial charge in [0.25, 0.3) is 5.91 Å². The fraction of sp³-hybridized carbons (Fsp3) is 0. The molecule has 2 aromatic carbocycles. The standard InChI is InChI=1S/C19H15N3O2/c23-17-12-5-4-10-15(17)19(24)22-21-18(14-8-2-1-3-9-14)16-11-6-7-13-20-16/h1-13,23H,(H,22,24)/b21-18+. The maximum Gasteiger partial charge on any atom is 0.275 e. The Kier molecular flexibility index (Phi) is 4.62. The molecular weight excluding hydrogens is 302 g/mol. The van der Waals surface area contributed by atoms with Gasteiger partial charge in [0.15, 0.2) is 0 Å². The molecule has 0 fully saturated rings. The number of nitrogens with one attached hydrogen (secondary N) is 1. The molecule has 5 heteroatoms. The number of rotatable bonds is 4. The molecule has 1 aromatic heterocycles. The predicted octanol–water partition coefficient (Wildman–Crippen LogP) is 2.97. The number of hydrogen-bond acceptors (Lipinski definition) is 4. The van der Waals surface area contributed by atoms with Crippen LogP contribution in [0.1, 0.15) is 21.6 Å². The largest absolute Gasteiger partial charge is 0.507 e. The molecule has 3 rings (SSSR count). The Morgan fingerprint density at radius 3 is 2.33 bits per heavy atom. The van der Waals surface area contributed by atoms with Crippen LogP contribution >= 0.6 is 0 Å². The summed E-state index contributed by atoms with van der Waals surface area (Å²) in [4.78, 5) is 16.5. The van der Waals surface area contributed by atoms with Gasteiger partial charge < -0.3 is 5.11 Å². The molecule has 1 amide bonds. The summed E-state index contributed by atoms with van der Waals surface area (Å²) in [5.41, 5.74) is 4.66. The Hall–Kier alpha value is -3.47. The molecule has 2 N–H and O–H groups in total. The topological polar surface area (TPSA) is 74.6 Å². The molecule has 0 aliphatic rings. The summed E-state index contributed by atoms with van der Waals surface area (Å²) in [6.07, 6.45) is 1.67. The van der Waals surface area contributed by atoms with E-state index < -0.39 is 5.91 Å². The molecule has 0 aliphatic carbocycles. The van der Waals surface area contributed by atoms with Crippen molar-refractivity contribution in [3.05, 3.63) is 95.8 Å². The predicted molar refractivity (Wildman–Crippen MR) is 91.9 cm³/mol. The fourth-order valence-corrected chi connectivity index (χ4v) is 2.20. The minimum Gasteiger partial charge on any atom is -0.507 e. The number of phenols is 1. The van der Waals surface area contributed by atoms with E-state index in [4.69, 9.17) is 0 Å². The molecule has 0 bridgehead atoms. The smallest absolute Gasteiger partial charge is 0.275 e. The number of aromatic hydroxyl groups is 1. The number of carbonyl (C=O) groups is 1.